The average Bonchev–Trinajstić information content (AvgIpc) is 2.32. The summed E-state index contributed by atoms with van der Waals surface area (Å²) in [5.41, 5.74) is 2.90. The number of benzene rings is 1. The number of rotatable bonds is 3. The van der Waals surface area contributed by atoms with Gasteiger partial charge in [-0.2, -0.15) is 0 Å². The molecular formula is C15H20S. The number of hydrogen-bond donors (Lipinski definition) is 0. The summed E-state index contributed by atoms with van der Waals surface area (Å²) in [6.07, 6.45) is 5.37. The van der Waals surface area contributed by atoms with Crippen molar-refractivity contribution in [2.45, 2.75) is 43.8 Å². The van der Waals surface area contributed by atoms with E-state index in [4.69, 9.17) is 0 Å². The van der Waals surface area contributed by atoms with Crippen LogP contribution in [-0.2, 0) is 0 Å². The molecule has 1 fully saturated rings. The highest BCUT2D eigenvalue weighted by Crippen LogP contribution is 2.37. The van der Waals surface area contributed by atoms with Gasteiger partial charge in [0, 0.05) is 5.25 Å². The van der Waals surface area contributed by atoms with Gasteiger partial charge in [0.15, 0.2) is 0 Å². The molecule has 0 amide bonds. The van der Waals surface area contributed by atoms with Gasteiger partial charge >= 0.3 is 0 Å². The fraction of sp³-hybridized carbons (Fsp3) is 0.467. The van der Waals surface area contributed by atoms with Gasteiger partial charge in [0.1, 0.15) is 0 Å². The average molecular weight is 232 g/mol. The maximum Gasteiger partial charge on any atom is 0.00886 e. The topological polar surface area (TPSA) is 0 Å². The van der Waals surface area contributed by atoms with Crippen LogP contribution in [0, 0.1) is 6.92 Å². The molecule has 1 saturated carbocycles. The van der Waals surface area contributed by atoms with E-state index in [1.54, 1.807) is 0 Å². The monoisotopic (exact) mass is 232 g/mol. The Hall–Kier alpha value is -0.690. The zero-order valence-electron chi connectivity index (χ0n) is 9.99. The van der Waals surface area contributed by atoms with Crippen molar-refractivity contribution >= 4 is 11.8 Å². The first kappa shape index (κ1) is 11.8. The predicted octanol–water partition coefficient (Wildman–Crippen LogP) is 4.90. The standard InChI is InChI=1S/C15H20S/c1-3-16-15-10-8-14(9-11-15)13-6-4-12(2)5-7-13/h3-7,14-15H,1,8-11H2,2H3. The molecule has 0 N–H and O–H groups in total. The van der Waals surface area contributed by atoms with Crippen molar-refractivity contribution in [1.29, 1.82) is 0 Å². The molecule has 0 atom stereocenters. The quantitative estimate of drug-likeness (QED) is 0.714. The molecule has 16 heavy (non-hydrogen) atoms. The van der Waals surface area contributed by atoms with Crippen molar-refractivity contribution in [1.82, 2.24) is 0 Å². The fourth-order valence-corrected chi connectivity index (χ4v) is 3.32. The first-order valence-electron chi connectivity index (χ1n) is 6.12. The Morgan fingerprint density at radius 3 is 2.31 bits per heavy atom. The van der Waals surface area contributed by atoms with E-state index in [1.807, 2.05) is 17.2 Å². The molecule has 1 aliphatic rings. The third kappa shape index (κ3) is 2.91. The molecule has 2 rings (SSSR count). The van der Waals surface area contributed by atoms with Crippen LogP contribution >= 0.6 is 11.8 Å². The molecule has 0 heterocycles. The number of aryl methyl sites for hydroxylation is 1. The van der Waals surface area contributed by atoms with E-state index in [2.05, 4.69) is 37.8 Å². The fourth-order valence-electron chi connectivity index (χ4n) is 2.51. The molecule has 0 radical (unpaired) electrons. The molecule has 86 valence electrons. The second-order valence-electron chi connectivity index (χ2n) is 4.69. The van der Waals surface area contributed by atoms with Crippen molar-refractivity contribution in [3.63, 3.8) is 0 Å². The van der Waals surface area contributed by atoms with Gasteiger partial charge < -0.3 is 0 Å². The highest BCUT2D eigenvalue weighted by molar-refractivity contribution is 8.02. The van der Waals surface area contributed by atoms with Crippen molar-refractivity contribution < 1.29 is 0 Å². The maximum atomic E-state index is 3.80. The summed E-state index contributed by atoms with van der Waals surface area (Å²) in [7, 11) is 0. The van der Waals surface area contributed by atoms with Crippen LogP contribution in [-0.4, -0.2) is 5.25 Å². The summed E-state index contributed by atoms with van der Waals surface area (Å²) in [5, 5.41) is 2.82. The largest absolute Gasteiger partial charge is 0.131 e. The molecule has 0 nitrogen and oxygen atoms in total. The molecule has 1 aromatic carbocycles. The van der Waals surface area contributed by atoms with Crippen LogP contribution in [0.2, 0.25) is 0 Å². The van der Waals surface area contributed by atoms with Crippen LogP contribution in [0.5, 0.6) is 0 Å². The first-order valence-corrected chi connectivity index (χ1v) is 7.07. The molecule has 0 spiro atoms. The minimum Gasteiger partial charge on any atom is -0.131 e. The second-order valence-corrected chi connectivity index (χ2v) is 5.96. The summed E-state index contributed by atoms with van der Waals surface area (Å²) in [6.45, 7) is 5.96. The van der Waals surface area contributed by atoms with Crippen molar-refractivity contribution in [2.24, 2.45) is 0 Å². The van der Waals surface area contributed by atoms with Gasteiger partial charge in [0.2, 0.25) is 0 Å². The molecule has 0 saturated heterocycles. The Balaban J connectivity index is 1.93. The van der Waals surface area contributed by atoms with Gasteiger partial charge in [-0.05, 0) is 49.5 Å². The lowest BCUT2D eigenvalue weighted by atomic mass is 9.83. The minimum absolute atomic E-state index is 0.794. The Labute approximate surface area is 103 Å². The third-order valence-electron chi connectivity index (χ3n) is 3.51. The zero-order valence-corrected chi connectivity index (χ0v) is 10.8. The molecule has 0 unspecified atom stereocenters. The van der Waals surface area contributed by atoms with Crippen LogP contribution in [0.4, 0.5) is 0 Å². The lowest BCUT2D eigenvalue weighted by Gasteiger charge is -2.27. The summed E-state index contributed by atoms with van der Waals surface area (Å²) in [4.78, 5) is 0. The van der Waals surface area contributed by atoms with Gasteiger partial charge in [-0.25, -0.2) is 0 Å². The second kappa shape index (κ2) is 5.58. The van der Waals surface area contributed by atoms with Gasteiger partial charge in [-0.1, -0.05) is 36.4 Å². The highest BCUT2D eigenvalue weighted by atomic mass is 32.2. The molecule has 1 heteroatoms. The van der Waals surface area contributed by atoms with Crippen molar-refractivity contribution in [3.8, 4) is 0 Å². The predicted molar refractivity (Wildman–Crippen MR) is 74.0 cm³/mol. The smallest absolute Gasteiger partial charge is 0.00886 e. The minimum atomic E-state index is 0.794. The number of hydrogen-bond acceptors (Lipinski definition) is 1. The van der Waals surface area contributed by atoms with Gasteiger partial charge in [0.25, 0.3) is 0 Å². The SMILES string of the molecule is C=CSC1CCC(c2ccc(C)cc2)CC1. The van der Waals surface area contributed by atoms with Gasteiger partial charge in [-0.3, -0.25) is 0 Å². The van der Waals surface area contributed by atoms with Gasteiger partial charge in [-0.15, -0.1) is 11.8 Å². The molecule has 0 bridgehead atoms. The van der Waals surface area contributed by atoms with Crippen LogP contribution in [0.1, 0.15) is 42.7 Å². The van der Waals surface area contributed by atoms with E-state index in [9.17, 15) is 0 Å². The molecule has 1 aliphatic carbocycles. The van der Waals surface area contributed by atoms with Crippen LogP contribution < -0.4 is 0 Å². The summed E-state index contributed by atoms with van der Waals surface area (Å²) in [5.74, 6) is 0.794. The Kier molecular flexibility index (Phi) is 4.11. The van der Waals surface area contributed by atoms with E-state index in [1.165, 1.54) is 36.8 Å². The van der Waals surface area contributed by atoms with Crippen molar-refractivity contribution in [2.75, 3.05) is 0 Å². The van der Waals surface area contributed by atoms with E-state index in [-0.39, 0.29) is 0 Å². The summed E-state index contributed by atoms with van der Waals surface area (Å²) < 4.78 is 0. The molecular weight excluding hydrogens is 212 g/mol. The Morgan fingerprint density at radius 1 is 1.12 bits per heavy atom. The molecule has 1 aromatic rings. The van der Waals surface area contributed by atoms with E-state index in [0.29, 0.717) is 0 Å². The van der Waals surface area contributed by atoms with Crippen molar-refractivity contribution in [3.05, 3.63) is 47.4 Å². The Bertz CT molecular complexity index is 331. The van der Waals surface area contributed by atoms with Crippen LogP contribution in [0.25, 0.3) is 0 Å². The Morgan fingerprint density at radius 2 is 1.75 bits per heavy atom. The lowest BCUT2D eigenvalue weighted by molar-refractivity contribution is 0.454. The maximum absolute atomic E-state index is 3.80. The van der Waals surface area contributed by atoms with Gasteiger partial charge in [0.05, 0.1) is 0 Å². The van der Waals surface area contributed by atoms with E-state index in [0.717, 1.165) is 11.2 Å². The highest BCUT2D eigenvalue weighted by Gasteiger charge is 2.21. The normalized spacial score (nSPS) is 25.3. The molecule has 0 aromatic heterocycles. The summed E-state index contributed by atoms with van der Waals surface area (Å²) >= 11 is 1.92. The van der Waals surface area contributed by atoms with Crippen LogP contribution in [0.3, 0.4) is 0 Å². The summed E-state index contributed by atoms with van der Waals surface area (Å²) in [6, 6.07) is 9.09. The van der Waals surface area contributed by atoms with E-state index >= 15 is 0 Å². The molecule has 0 aliphatic heterocycles. The lowest BCUT2D eigenvalue weighted by Crippen LogP contribution is -2.14. The number of thioether (sulfide) groups is 1. The van der Waals surface area contributed by atoms with E-state index < -0.39 is 0 Å². The third-order valence-corrected chi connectivity index (χ3v) is 4.56. The van der Waals surface area contributed by atoms with Crippen LogP contribution in [0.15, 0.2) is 36.3 Å². The zero-order chi connectivity index (χ0) is 11.4. The first-order chi connectivity index (χ1) is 7.79.